The zero-order valence-electron chi connectivity index (χ0n) is 31.3. The van der Waals surface area contributed by atoms with Crippen molar-refractivity contribution in [1.29, 1.82) is 0 Å². The fourth-order valence-corrected chi connectivity index (χ4v) is 8.83. The number of rotatable bonds is 5. The van der Waals surface area contributed by atoms with E-state index < -0.39 is 0 Å². The maximum atomic E-state index is 5.35. The Morgan fingerprint density at radius 2 is 0.741 bits per heavy atom. The number of aromatic nitrogens is 5. The first kappa shape index (κ1) is 32.4. The minimum Gasteiger partial charge on any atom is -0.309 e. The predicted molar refractivity (Wildman–Crippen MR) is 239 cm³/mol. The van der Waals surface area contributed by atoms with E-state index in [1.165, 1.54) is 32.6 Å². The molecule has 0 amide bonds. The molecule has 0 aliphatic carbocycles. The second-order valence-corrected chi connectivity index (χ2v) is 14.9. The number of benzene rings is 8. The van der Waals surface area contributed by atoms with Crippen LogP contribution in [-0.4, -0.2) is 23.9 Å². The lowest BCUT2D eigenvalue weighted by Gasteiger charge is -2.13. The topological polar surface area (TPSA) is 48.0 Å². The Bertz CT molecular complexity index is 3460. The molecule has 0 unspecified atom stereocenters. The van der Waals surface area contributed by atoms with Crippen LogP contribution in [0.5, 0.6) is 0 Å². The molecule has 4 aromatic heterocycles. The van der Waals surface area contributed by atoms with Crippen molar-refractivity contribution >= 4 is 59.9 Å². The van der Waals surface area contributed by atoms with Gasteiger partial charge in [0, 0.05) is 38.1 Å². The molecule has 4 heterocycles. The Hall–Kier alpha value is -7.89. The van der Waals surface area contributed by atoms with Gasteiger partial charge >= 0.3 is 0 Å². The van der Waals surface area contributed by atoms with Gasteiger partial charge in [-0.1, -0.05) is 158 Å². The van der Waals surface area contributed by atoms with Gasteiger partial charge in [0.2, 0.25) is 5.95 Å². The van der Waals surface area contributed by atoms with Crippen LogP contribution in [-0.2, 0) is 0 Å². The van der Waals surface area contributed by atoms with E-state index in [4.69, 9.17) is 15.0 Å². The molecule has 8 aromatic carbocycles. The molecule has 0 aliphatic rings. The van der Waals surface area contributed by atoms with Crippen molar-refractivity contribution in [3.05, 3.63) is 200 Å². The molecule has 12 aromatic rings. The van der Waals surface area contributed by atoms with E-state index in [9.17, 15) is 0 Å². The molecule has 0 fully saturated rings. The summed E-state index contributed by atoms with van der Waals surface area (Å²) in [5, 5.41) is 7.09. The highest BCUT2D eigenvalue weighted by molar-refractivity contribution is 6.21. The van der Waals surface area contributed by atoms with E-state index in [0.717, 1.165) is 60.7 Å². The lowest BCUT2D eigenvalue weighted by molar-refractivity contribution is 0.954. The van der Waals surface area contributed by atoms with Gasteiger partial charge in [-0.05, 0) is 70.1 Å². The standard InChI is InChI=1S/C53H33N5/c1-3-15-34(16-4-1)36-20-13-22-39(29-36)51-54-52(40-23-14-21-37(30-40)35-17-5-2-6-18-35)56-53(55-51)58-47-28-12-10-26-43(47)45-33-49-44(32-50(45)58)41-24-8-9-25-42(41)48-31-38-19-7-11-27-46(38)57(48)49/h1-33H. The molecule has 0 spiro atoms. The first-order valence-electron chi connectivity index (χ1n) is 19.6. The normalized spacial score (nSPS) is 11.8. The summed E-state index contributed by atoms with van der Waals surface area (Å²) in [6.07, 6.45) is 0. The molecule has 0 atom stereocenters. The molecule has 270 valence electrons. The first-order chi connectivity index (χ1) is 28.7. The van der Waals surface area contributed by atoms with Gasteiger partial charge in [0.25, 0.3) is 0 Å². The average Bonchev–Trinajstić information content (AvgIpc) is 3.85. The largest absolute Gasteiger partial charge is 0.309 e. The summed E-state index contributed by atoms with van der Waals surface area (Å²) in [5.74, 6) is 1.79. The van der Waals surface area contributed by atoms with Crippen molar-refractivity contribution in [2.24, 2.45) is 0 Å². The van der Waals surface area contributed by atoms with Gasteiger partial charge in [0.1, 0.15) is 0 Å². The van der Waals surface area contributed by atoms with E-state index in [1.54, 1.807) is 0 Å². The van der Waals surface area contributed by atoms with Gasteiger partial charge in [0.05, 0.1) is 27.6 Å². The molecule has 5 nitrogen and oxygen atoms in total. The highest BCUT2D eigenvalue weighted by atomic mass is 15.2. The zero-order valence-corrected chi connectivity index (χ0v) is 31.3. The minimum absolute atomic E-state index is 0.567. The summed E-state index contributed by atoms with van der Waals surface area (Å²) in [4.78, 5) is 15.9. The van der Waals surface area contributed by atoms with Crippen LogP contribution in [0.4, 0.5) is 0 Å². The number of hydrogen-bond donors (Lipinski definition) is 0. The first-order valence-corrected chi connectivity index (χ1v) is 19.6. The van der Waals surface area contributed by atoms with Gasteiger partial charge in [0.15, 0.2) is 11.6 Å². The third-order valence-corrected chi connectivity index (χ3v) is 11.5. The Kier molecular flexibility index (Phi) is 7.16. The highest BCUT2D eigenvalue weighted by Gasteiger charge is 2.21. The van der Waals surface area contributed by atoms with Crippen LogP contribution < -0.4 is 0 Å². The summed E-state index contributed by atoms with van der Waals surface area (Å²) in [7, 11) is 0. The molecule has 58 heavy (non-hydrogen) atoms. The Morgan fingerprint density at radius 3 is 1.40 bits per heavy atom. The van der Waals surface area contributed by atoms with Crippen LogP contribution in [0.2, 0.25) is 0 Å². The molecule has 5 heteroatoms. The van der Waals surface area contributed by atoms with E-state index in [0.29, 0.717) is 17.6 Å². The molecule has 12 rings (SSSR count). The molecule has 0 radical (unpaired) electrons. The van der Waals surface area contributed by atoms with E-state index in [1.807, 2.05) is 12.1 Å². The van der Waals surface area contributed by atoms with Crippen molar-refractivity contribution in [1.82, 2.24) is 23.9 Å². The summed E-state index contributed by atoms with van der Waals surface area (Å²) < 4.78 is 4.66. The van der Waals surface area contributed by atoms with Crippen LogP contribution in [0.15, 0.2) is 200 Å². The van der Waals surface area contributed by atoms with Gasteiger partial charge in [-0.2, -0.15) is 9.97 Å². The summed E-state index contributed by atoms with van der Waals surface area (Å²) in [5.41, 5.74) is 12.0. The molecular formula is C53H33N5. The quantitative estimate of drug-likeness (QED) is 0.165. The van der Waals surface area contributed by atoms with Crippen LogP contribution in [0.1, 0.15) is 0 Å². The number of pyridine rings is 1. The SMILES string of the molecule is c1ccc(-c2cccc(-c3nc(-c4cccc(-c5ccccc5)c4)nc(-n4c5ccccc5c5cc6c(cc54)c4ccccc4c4cc5ccccc5n46)n3)c2)cc1. The molecule has 0 saturated heterocycles. The Morgan fingerprint density at radius 1 is 0.276 bits per heavy atom. The highest BCUT2D eigenvalue weighted by Crippen LogP contribution is 2.40. The van der Waals surface area contributed by atoms with Crippen molar-refractivity contribution < 1.29 is 0 Å². The number of para-hydroxylation sites is 2. The lowest BCUT2D eigenvalue weighted by atomic mass is 10.0. The molecular weight excluding hydrogens is 707 g/mol. The van der Waals surface area contributed by atoms with Gasteiger partial charge in [-0.15, -0.1) is 0 Å². The smallest absolute Gasteiger partial charge is 0.238 e. The van der Waals surface area contributed by atoms with E-state index >= 15 is 0 Å². The van der Waals surface area contributed by atoms with E-state index in [2.05, 4.69) is 197 Å². The number of hydrogen-bond acceptors (Lipinski definition) is 3. The van der Waals surface area contributed by atoms with Crippen LogP contribution in [0.3, 0.4) is 0 Å². The Balaban J connectivity index is 1.16. The van der Waals surface area contributed by atoms with Gasteiger partial charge in [-0.25, -0.2) is 4.98 Å². The third kappa shape index (κ3) is 5.07. The van der Waals surface area contributed by atoms with E-state index in [-0.39, 0.29) is 0 Å². The minimum atomic E-state index is 0.567. The molecule has 0 bridgehead atoms. The average molecular weight is 740 g/mol. The number of nitrogens with zero attached hydrogens (tertiary/aromatic N) is 5. The Labute approximate surface area is 333 Å². The predicted octanol–water partition coefficient (Wildman–Crippen LogP) is 13.3. The maximum absolute atomic E-state index is 5.35. The summed E-state index contributed by atoms with van der Waals surface area (Å²) in [6.45, 7) is 0. The van der Waals surface area contributed by atoms with Crippen molar-refractivity contribution in [3.63, 3.8) is 0 Å². The van der Waals surface area contributed by atoms with Crippen LogP contribution in [0.25, 0.3) is 111 Å². The van der Waals surface area contributed by atoms with Crippen molar-refractivity contribution in [2.45, 2.75) is 0 Å². The second kappa shape index (κ2) is 12.8. The second-order valence-electron chi connectivity index (χ2n) is 14.9. The van der Waals surface area contributed by atoms with Gasteiger partial charge in [-0.3, -0.25) is 4.57 Å². The molecule has 0 aliphatic heterocycles. The van der Waals surface area contributed by atoms with Crippen molar-refractivity contribution in [3.8, 4) is 51.0 Å². The molecule has 0 N–H and O–H groups in total. The maximum Gasteiger partial charge on any atom is 0.238 e. The lowest BCUT2D eigenvalue weighted by Crippen LogP contribution is -2.06. The van der Waals surface area contributed by atoms with Crippen LogP contribution in [0, 0.1) is 0 Å². The van der Waals surface area contributed by atoms with Gasteiger partial charge < -0.3 is 4.40 Å². The fraction of sp³-hybridized carbons (Fsp3) is 0. The van der Waals surface area contributed by atoms with Crippen LogP contribution >= 0.6 is 0 Å². The fourth-order valence-electron chi connectivity index (χ4n) is 8.83. The van der Waals surface area contributed by atoms with Crippen molar-refractivity contribution in [2.75, 3.05) is 0 Å². The molecule has 0 saturated carbocycles. The number of fused-ring (bicyclic) bond motifs is 11. The monoisotopic (exact) mass is 739 g/mol. The third-order valence-electron chi connectivity index (χ3n) is 11.5. The zero-order chi connectivity index (χ0) is 38.2. The summed E-state index contributed by atoms with van der Waals surface area (Å²) in [6, 6.07) is 70.9. The summed E-state index contributed by atoms with van der Waals surface area (Å²) >= 11 is 0.